The Bertz CT molecular complexity index is 1070. The minimum atomic E-state index is -4.93. The van der Waals surface area contributed by atoms with Gasteiger partial charge in [-0.25, -0.2) is 13.8 Å². The lowest BCUT2D eigenvalue weighted by molar-refractivity contribution is -0.144. The van der Waals surface area contributed by atoms with Crippen LogP contribution in [0.1, 0.15) is 37.9 Å². The van der Waals surface area contributed by atoms with E-state index >= 15 is 0 Å². The van der Waals surface area contributed by atoms with Crippen molar-refractivity contribution in [1.82, 2.24) is 9.13 Å². The van der Waals surface area contributed by atoms with Gasteiger partial charge in [0.1, 0.15) is 17.3 Å². The molecule has 0 aliphatic carbocycles. The topological polar surface area (TPSA) is 61.1 Å². The van der Waals surface area contributed by atoms with Gasteiger partial charge in [-0.2, -0.15) is 13.2 Å². The van der Waals surface area contributed by atoms with Gasteiger partial charge in [0.2, 0.25) is 0 Å². The number of hydrogen-bond acceptors (Lipinski definition) is 4. The number of halogens is 5. The summed E-state index contributed by atoms with van der Waals surface area (Å²) < 4.78 is 55.0. The van der Waals surface area contributed by atoms with Crippen LogP contribution >= 0.6 is 23.4 Å². The summed E-state index contributed by atoms with van der Waals surface area (Å²) in [6.07, 6.45) is -4.11. The van der Waals surface area contributed by atoms with Crippen molar-refractivity contribution in [1.29, 1.82) is 0 Å². The van der Waals surface area contributed by atoms with E-state index in [-0.39, 0.29) is 27.0 Å². The number of aromatic nitrogens is 2. The van der Waals surface area contributed by atoms with Gasteiger partial charge in [-0.3, -0.25) is 14.2 Å². The van der Waals surface area contributed by atoms with Gasteiger partial charge < -0.3 is 0 Å². The Morgan fingerprint density at radius 1 is 1.27 bits per heavy atom. The van der Waals surface area contributed by atoms with Crippen LogP contribution in [0.2, 0.25) is 5.02 Å². The number of benzene rings is 1. The second-order valence-corrected chi connectivity index (χ2v) is 8.49. The highest BCUT2D eigenvalue weighted by Gasteiger charge is 2.38. The molecule has 1 aromatic carbocycles. The Balaban J connectivity index is 2.73. The molecule has 2 aromatic rings. The smallest absolute Gasteiger partial charge is 0.300 e. The molecule has 0 fully saturated rings. The van der Waals surface area contributed by atoms with Gasteiger partial charge in [0.15, 0.2) is 0 Å². The quantitative estimate of drug-likeness (QED) is 0.464. The molecule has 0 amide bonds. The molecule has 0 aliphatic rings. The van der Waals surface area contributed by atoms with E-state index in [4.69, 9.17) is 11.6 Å². The van der Waals surface area contributed by atoms with Crippen LogP contribution in [-0.4, -0.2) is 20.2 Å². The third-order valence-electron chi connectivity index (χ3n) is 4.47. The number of carbonyl (C=O) groups is 1. The fourth-order valence-electron chi connectivity index (χ4n) is 3.02. The van der Waals surface area contributed by atoms with Gasteiger partial charge >= 0.3 is 11.9 Å². The molecule has 30 heavy (non-hydrogen) atoms. The third kappa shape index (κ3) is 4.80. The summed E-state index contributed by atoms with van der Waals surface area (Å²) in [4.78, 5) is 36.9. The molecular weight excluding hydrogens is 448 g/mol. The molecule has 1 aromatic heterocycles. The summed E-state index contributed by atoms with van der Waals surface area (Å²) in [7, 11) is 0.859. The zero-order chi connectivity index (χ0) is 23.0. The molecular formula is C19H19ClF4N2O3S. The second-order valence-electron chi connectivity index (χ2n) is 6.74. The minimum absolute atomic E-state index is 0.00300. The average Bonchev–Trinajstić information content (AvgIpc) is 2.61. The first-order chi connectivity index (χ1) is 13.8. The average molecular weight is 467 g/mol. The Kier molecular flexibility index (Phi) is 7.24. The molecule has 1 heterocycles. The van der Waals surface area contributed by atoms with Crippen molar-refractivity contribution in [2.24, 2.45) is 7.05 Å². The van der Waals surface area contributed by atoms with Crippen LogP contribution in [0.5, 0.6) is 0 Å². The van der Waals surface area contributed by atoms with Crippen molar-refractivity contribution in [3.63, 3.8) is 0 Å². The van der Waals surface area contributed by atoms with E-state index in [2.05, 4.69) is 0 Å². The molecule has 0 spiro atoms. The number of ketones is 1. The number of alkyl halides is 3. The summed E-state index contributed by atoms with van der Waals surface area (Å²) in [6.45, 7) is 4.19. The standard InChI is InChI=1S/C19H19ClF4N2O3S/c1-5-11(6-9(2)27)30-15-8-14(13(21)7-12(15)20)26-17(28)10(3)16(19(22,23)24)25(4)18(26)29/h7-8,11H,5-6H2,1-4H3. The van der Waals surface area contributed by atoms with Crippen LogP contribution < -0.4 is 11.2 Å². The van der Waals surface area contributed by atoms with E-state index in [1.165, 1.54) is 18.7 Å². The third-order valence-corrected chi connectivity index (χ3v) is 6.32. The summed E-state index contributed by atoms with van der Waals surface area (Å²) >= 11 is 7.25. The highest BCUT2D eigenvalue weighted by atomic mass is 35.5. The number of rotatable bonds is 6. The van der Waals surface area contributed by atoms with Crippen molar-refractivity contribution in [2.75, 3.05) is 0 Å². The molecule has 0 aliphatic heterocycles. The van der Waals surface area contributed by atoms with Crippen molar-refractivity contribution in [2.45, 2.75) is 49.9 Å². The van der Waals surface area contributed by atoms with Crippen LogP contribution in [0.15, 0.2) is 26.6 Å². The molecule has 1 atom stereocenters. The van der Waals surface area contributed by atoms with Crippen molar-refractivity contribution in [3.8, 4) is 5.69 Å². The summed E-state index contributed by atoms with van der Waals surface area (Å²) in [5.41, 5.74) is -5.27. The van der Waals surface area contributed by atoms with Crippen LogP contribution in [0.25, 0.3) is 5.69 Å². The van der Waals surface area contributed by atoms with Crippen molar-refractivity contribution < 1.29 is 22.4 Å². The largest absolute Gasteiger partial charge is 0.432 e. The maximum absolute atomic E-state index is 14.6. The molecule has 0 N–H and O–H groups in total. The van der Waals surface area contributed by atoms with Gasteiger partial charge in [-0.05, 0) is 32.4 Å². The zero-order valence-electron chi connectivity index (χ0n) is 16.6. The molecule has 1 unspecified atom stereocenters. The van der Waals surface area contributed by atoms with E-state index in [0.29, 0.717) is 15.9 Å². The monoisotopic (exact) mass is 466 g/mol. The fourth-order valence-corrected chi connectivity index (χ4v) is 4.50. The van der Waals surface area contributed by atoms with Gasteiger partial charge in [0, 0.05) is 29.2 Å². The predicted octanol–water partition coefficient (Wildman–Crippen LogP) is 4.51. The predicted molar refractivity (Wildman–Crippen MR) is 107 cm³/mol. The second kappa shape index (κ2) is 8.97. The van der Waals surface area contributed by atoms with E-state index in [1.54, 1.807) is 0 Å². The van der Waals surface area contributed by atoms with E-state index in [9.17, 15) is 31.9 Å². The minimum Gasteiger partial charge on any atom is -0.300 e. The molecule has 0 bridgehead atoms. The molecule has 0 radical (unpaired) electrons. The van der Waals surface area contributed by atoms with Crippen molar-refractivity contribution in [3.05, 3.63) is 55.1 Å². The Labute approximate surface area is 178 Å². The van der Waals surface area contributed by atoms with Crippen LogP contribution in [0.4, 0.5) is 17.6 Å². The van der Waals surface area contributed by atoms with Crippen LogP contribution in [0.3, 0.4) is 0 Å². The number of carbonyl (C=O) groups excluding carboxylic acids is 1. The zero-order valence-corrected chi connectivity index (χ0v) is 18.1. The van der Waals surface area contributed by atoms with Gasteiger partial charge in [0.05, 0.1) is 10.7 Å². The Morgan fingerprint density at radius 3 is 2.37 bits per heavy atom. The Hall–Kier alpha value is -2.07. The molecule has 164 valence electrons. The van der Waals surface area contributed by atoms with Gasteiger partial charge in [-0.1, -0.05) is 18.5 Å². The van der Waals surface area contributed by atoms with Gasteiger partial charge in [0.25, 0.3) is 5.56 Å². The lowest BCUT2D eigenvalue weighted by atomic mass is 10.2. The molecule has 0 saturated heterocycles. The number of hydrogen-bond donors (Lipinski definition) is 0. The normalized spacial score (nSPS) is 12.8. The molecule has 0 saturated carbocycles. The summed E-state index contributed by atoms with van der Waals surface area (Å²) in [5, 5.41) is -0.191. The highest BCUT2D eigenvalue weighted by Crippen LogP contribution is 2.36. The Morgan fingerprint density at radius 2 is 1.87 bits per heavy atom. The molecule has 11 heteroatoms. The molecule has 5 nitrogen and oxygen atoms in total. The number of Topliss-reactive ketones (excluding diaryl/α,β-unsaturated/α-hetero) is 1. The first-order valence-corrected chi connectivity index (χ1v) is 10.1. The lowest BCUT2D eigenvalue weighted by Gasteiger charge is -2.18. The first-order valence-electron chi connectivity index (χ1n) is 8.84. The SMILES string of the molecule is CCC(CC(C)=O)Sc1cc(-n2c(=O)c(C)c(C(F)(F)F)n(C)c2=O)c(F)cc1Cl. The maximum atomic E-state index is 14.6. The highest BCUT2D eigenvalue weighted by molar-refractivity contribution is 8.00. The van der Waals surface area contributed by atoms with Gasteiger partial charge in [-0.15, -0.1) is 11.8 Å². The summed E-state index contributed by atoms with van der Waals surface area (Å²) in [5.74, 6) is -1.10. The lowest BCUT2D eigenvalue weighted by Crippen LogP contribution is -2.43. The van der Waals surface area contributed by atoms with Crippen molar-refractivity contribution >= 4 is 29.1 Å². The van der Waals surface area contributed by atoms with E-state index < -0.39 is 40.2 Å². The number of thioether (sulfide) groups is 1. The summed E-state index contributed by atoms with van der Waals surface area (Å²) in [6, 6.07) is 2.03. The van der Waals surface area contributed by atoms with Crippen LogP contribution in [-0.2, 0) is 18.0 Å². The van der Waals surface area contributed by atoms with E-state index in [1.807, 2.05) is 6.92 Å². The van der Waals surface area contributed by atoms with E-state index in [0.717, 1.165) is 26.1 Å². The fraction of sp³-hybridized carbons (Fsp3) is 0.421. The van der Waals surface area contributed by atoms with Crippen LogP contribution in [0, 0.1) is 12.7 Å². The first kappa shape index (κ1) is 24.2. The number of nitrogens with zero attached hydrogens (tertiary/aromatic N) is 2. The molecule has 2 rings (SSSR count). The maximum Gasteiger partial charge on any atom is 0.432 e.